The van der Waals surface area contributed by atoms with Gasteiger partial charge >= 0.3 is 0 Å². The lowest BCUT2D eigenvalue weighted by Crippen LogP contribution is -2.15. The molecular weight excluding hydrogens is 423 g/mol. The van der Waals surface area contributed by atoms with E-state index < -0.39 is 0 Å². The molecule has 0 radical (unpaired) electrons. The Labute approximate surface area is 176 Å². The molecule has 0 aliphatic rings. The summed E-state index contributed by atoms with van der Waals surface area (Å²) < 4.78 is 14.6. The molecule has 7 nitrogen and oxygen atoms in total. The van der Waals surface area contributed by atoms with Crippen molar-refractivity contribution in [2.24, 2.45) is 0 Å². The molecule has 5 aromatic rings. The average molecular weight is 434 g/mol. The predicted octanol–water partition coefficient (Wildman–Crippen LogP) is 4.00. The molecule has 1 N–H and O–H groups in total. The number of thiophene rings is 1. The van der Waals surface area contributed by atoms with E-state index in [0.717, 1.165) is 26.4 Å². The summed E-state index contributed by atoms with van der Waals surface area (Å²) in [4.78, 5) is 26.3. The zero-order chi connectivity index (χ0) is 20.7. The molecule has 0 saturated heterocycles. The van der Waals surface area contributed by atoms with Gasteiger partial charge < -0.3 is 0 Å². The summed E-state index contributed by atoms with van der Waals surface area (Å²) in [5, 5.41) is 15.5. The first-order valence-electron chi connectivity index (χ1n) is 8.75. The summed E-state index contributed by atoms with van der Waals surface area (Å²) in [7, 11) is 0. The number of nitriles is 1. The smallest absolute Gasteiger partial charge is 0.272 e. The van der Waals surface area contributed by atoms with Crippen molar-refractivity contribution in [3.05, 3.63) is 75.7 Å². The summed E-state index contributed by atoms with van der Waals surface area (Å²) in [5.41, 5.74) is 2.68. The van der Waals surface area contributed by atoms with Gasteiger partial charge in [-0.15, -0.1) is 11.3 Å². The first-order valence-corrected chi connectivity index (χ1v) is 10.6. The molecule has 0 aliphatic heterocycles. The molecule has 4 aromatic heterocycles. The highest BCUT2D eigenvalue weighted by atomic mass is 32.2. The van der Waals surface area contributed by atoms with Gasteiger partial charge in [-0.05, 0) is 17.7 Å². The third-order valence-corrected chi connectivity index (χ3v) is 6.43. The molecule has 0 amide bonds. The van der Waals surface area contributed by atoms with Crippen LogP contribution in [0, 0.1) is 17.1 Å². The van der Waals surface area contributed by atoms with Crippen LogP contribution in [0.1, 0.15) is 11.3 Å². The molecular formula is C20H11FN6OS2. The third-order valence-electron chi connectivity index (χ3n) is 4.52. The van der Waals surface area contributed by atoms with Crippen molar-refractivity contribution in [2.45, 2.75) is 10.8 Å². The number of hydrogen-bond acceptors (Lipinski definition) is 7. The van der Waals surface area contributed by atoms with Gasteiger partial charge in [0.1, 0.15) is 33.6 Å². The number of halogens is 1. The highest BCUT2D eigenvalue weighted by Crippen LogP contribution is 2.38. The Hall–Kier alpha value is -3.55. The number of thioether (sulfide) groups is 1. The van der Waals surface area contributed by atoms with Crippen LogP contribution >= 0.6 is 23.1 Å². The lowest BCUT2D eigenvalue weighted by atomic mass is 10.1. The quantitative estimate of drug-likeness (QED) is 0.339. The van der Waals surface area contributed by atoms with Gasteiger partial charge in [-0.3, -0.25) is 9.89 Å². The second kappa shape index (κ2) is 7.37. The fraction of sp³-hybridized carbons (Fsp3) is 0.0500. The lowest BCUT2D eigenvalue weighted by Gasteiger charge is -2.06. The number of aromatic amines is 1. The molecule has 146 valence electrons. The number of hydrogen-bond donors (Lipinski definition) is 1. The monoisotopic (exact) mass is 434 g/mol. The predicted molar refractivity (Wildman–Crippen MR) is 113 cm³/mol. The van der Waals surface area contributed by atoms with Crippen LogP contribution in [0.5, 0.6) is 0 Å². The van der Waals surface area contributed by atoms with Crippen molar-refractivity contribution in [2.75, 3.05) is 0 Å². The number of nitrogens with zero attached hydrogens (tertiary/aromatic N) is 5. The van der Waals surface area contributed by atoms with Crippen molar-refractivity contribution in [3.63, 3.8) is 0 Å². The Bertz CT molecular complexity index is 1500. The Morgan fingerprint density at radius 1 is 1.27 bits per heavy atom. The first-order chi connectivity index (χ1) is 14.6. The Morgan fingerprint density at radius 3 is 2.90 bits per heavy atom. The maximum Gasteiger partial charge on any atom is 0.272 e. The summed E-state index contributed by atoms with van der Waals surface area (Å²) in [6, 6.07) is 9.75. The van der Waals surface area contributed by atoms with Gasteiger partial charge in [0.15, 0.2) is 5.65 Å². The summed E-state index contributed by atoms with van der Waals surface area (Å²) in [5.74, 6) is 0.102. The Morgan fingerprint density at radius 2 is 2.10 bits per heavy atom. The van der Waals surface area contributed by atoms with Gasteiger partial charge in [-0.1, -0.05) is 23.9 Å². The van der Waals surface area contributed by atoms with Gasteiger partial charge in [-0.2, -0.15) is 5.26 Å². The summed E-state index contributed by atoms with van der Waals surface area (Å²) >= 11 is 2.92. The fourth-order valence-corrected chi connectivity index (χ4v) is 5.01. The largest absolute Gasteiger partial charge is 0.295 e. The highest BCUT2D eigenvalue weighted by molar-refractivity contribution is 7.98. The minimum atomic E-state index is -0.293. The number of aromatic nitrogens is 5. The van der Waals surface area contributed by atoms with Crippen molar-refractivity contribution >= 4 is 39.0 Å². The molecule has 0 spiro atoms. The van der Waals surface area contributed by atoms with E-state index in [1.54, 1.807) is 12.1 Å². The number of benzene rings is 1. The molecule has 0 saturated carbocycles. The lowest BCUT2D eigenvalue weighted by molar-refractivity contribution is 0.628. The number of H-pyrrole nitrogens is 1. The molecule has 0 atom stereocenters. The molecule has 0 aliphatic carbocycles. The van der Waals surface area contributed by atoms with Crippen LogP contribution in [-0.2, 0) is 5.75 Å². The second-order valence-electron chi connectivity index (χ2n) is 6.35. The van der Waals surface area contributed by atoms with Gasteiger partial charge in [0.25, 0.3) is 5.56 Å². The third kappa shape index (κ3) is 3.14. The minimum Gasteiger partial charge on any atom is -0.295 e. The molecule has 30 heavy (non-hydrogen) atoms. The highest BCUT2D eigenvalue weighted by Gasteiger charge is 2.15. The van der Waals surface area contributed by atoms with Crippen LogP contribution in [0.25, 0.3) is 27.0 Å². The molecule has 4 heterocycles. The van der Waals surface area contributed by atoms with Crippen LogP contribution in [0.3, 0.4) is 0 Å². The van der Waals surface area contributed by atoms with Crippen LogP contribution < -0.4 is 5.56 Å². The van der Waals surface area contributed by atoms with Crippen LogP contribution in [0.4, 0.5) is 4.39 Å². The van der Waals surface area contributed by atoms with Crippen molar-refractivity contribution in [1.82, 2.24) is 24.6 Å². The van der Waals surface area contributed by atoms with Gasteiger partial charge in [-0.25, -0.2) is 23.9 Å². The van der Waals surface area contributed by atoms with E-state index in [4.69, 9.17) is 0 Å². The second-order valence-corrected chi connectivity index (χ2v) is 8.17. The van der Waals surface area contributed by atoms with E-state index in [1.807, 2.05) is 11.4 Å². The number of nitrogens with one attached hydrogen (secondary N) is 1. The van der Waals surface area contributed by atoms with E-state index in [1.165, 1.54) is 58.3 Å². The maximum atomic E-state index is 13.3. The Balaban J connectivity index is 1.53. The minimum absolute atomic E-state index is 0.285. The standard InChI is InChI=1S/C20H11FN6OS2/c21-13-3-1-11(2-4-13)15-9-30-20-17(15)19(23-10-24-20)29-8-14-5-16(28)27-18(26-14)12(6-22)7-25-27/h1-5,7,9-10,25H,8H2. The van der Waals surface area contributed by atoms with Crippen LogP contribution in [-0.4, -0.2) is 24.6 Å². The fourth-order valence-electron chi connectivity index (χ4n) is 3.13. The SMILES string of the molecule is N#Cc1c[nH]n2c(=O)cc(CSc3ncnc4scc(-c5ccc(F)cc5)c34)nc12. The first kappa shape index (κ1) is 18.5. The van der Waals surface area contributed by atoms with Gasteiger partial charge in [0, 0.05) is 29.0 Å². The number of rotatable bonds is 4. The van der Waals surface area contributed by atoms with Crippen molar-refractivity contribution in [1.29, 1.82) is 5.26 Å². The van der Waals surface area contributed by atoms with Gasteiger partial charge in [0.05, 0.1) is 11.1 Å². The van der Waals surface area contributed by atoms with E-state index in [-0.39, 0.29) is 11.4 Å². The zero-order valence-corrected chi connectivity index (χ0v) is 16.8. The summed E-state index contributed by atoms with van der Waals surface area (Å²) in [6.07, 6.45) is 2.95. The number of fused-ring (bicyclic) bond motifs is 2. The molecule has 0 bridgehead atoms. The van der Waals surface area contributed by atoms with E-state index in [2.05, 4.69) is 20.1 Å². The topological polar surface area (TPSA) is 99.7 Å². The molecule has 0 fully saturated rings. The van der Waals surface area contributed by atoms with Crippen LogP contribution in [0.15, 0.2) is 58.1 Å². The zero-order valence-electron chi connectivity index (χ0n) is 15.2. The summed E-state index contributed by atoms with van der Waals surface area (Å²) in [6.45, 7) is 0. The van der Waals surface area contributed by atoms with Crippen molar-refractivity contribution < 1.29 is 4.39 Å². The van der Waals surface area contributed by atoms with Gasteiger partial charge in [0.2, 0.25) is 0 Å². The molecule has 0 unspecified atom stereocenters. The molecule has 1 aromatic carbocycles. The molecule has 5 rings (SSSR count). The normalized spacial score (nSPS) is 11.2. The van der Waals surface area contributed by atoms with E-state index >= 15 is 0 Å². The van der Waals surface area contributed by atoms with Crippen LogP contribution in [0.2, 0.25) is 0 Å². The average Bonchev–Trinajstić information content (AvgIpc) is 3.37. The van der Waals surface area contributed by atoms with Crippen molar-refractivity contribution in [3.8, 4) is 17.2 Å². The van der Waals surface area contributed by atoms with E-state index in [9.17, 15) is 14.4 Å². The van der Waals surface area contributed by atoms with E-state index in [0.29, 0.717) is 22.7 Å². The Kier molecular flexibility index (Phi) is 4.54. The maximum absolute atomic E-state index is 13.3. The molecule has 10 heteroatoms.